The van der Waals surface area contributed by atoms with Crippen LogP contribution >= 0.6 is 0 Å². The molecule has 0 bridgehead atoms. The third-order valence-electron chi connectivity index (χ3n) is 3.32. The molecular weight excluding hydrogens is 262 g/mol. The standard InChI is InChI=1S/C13H25N3O2S/c1-9(2)11(5)15-19(17,18)13-6-12(7-14)16(8-13)10(3)4/h6,8-11,15H,7,14H2,1-5H3. The van der Waals surface area contributed by atoms with Crippen molar-refractivity contribution in [3.8, 4) is 0 Å². The Hall–Kier alpha value is -0.850. The average molecular weight is 287 g/mol. The molecule has 0 aliphatic rings. The normalized spacial score (nSPS) is 14.3. The Bertz CT molecular complexity index is 518. The Kier molecular flexibility index (Phi) is 5.18. The third-order valence-corrected chi connectivity index (χ3v) is 4.85. The first-order chi connectivity index (χ1) is 8.69. The first-order valence-electron chi connectivity index (χ1n) is 6.62. The molecule has 5 nitrogen and oxygen atoms in total. The summed E-state index contributed by atoms with van der Waals surface area (Å²) in [5, 5.41) is 0. The molecule has 6 heteroatoms. The van der Waals surface area contributed by atoms with E-state index in [1.54, 1.807) is 12.3 Å². The van der Waals surface area contributed by atoms with Gasteiger partial charge in [0.2, 0.25) is 10.0 Å². The summed E-state index contributed by atoms with van der Waals surface area (Å²) in [5.74, 6) is 0.246. The third kappa shape index (κ3) is 3.81. The Balaban J connectivity index is 3.09. The molecule has 0 aromatic carbocycles. The zero-order valence-electron chi connectivity index (χ0n) is 12.3. The molecule has 110 valence electrons. The second-order valence-corrected chi connectivity index (χ2v) is 7.24. The first-order valence-corrected chi connectivity index (χ1v) is 8.10. The van der Waals surface area contributed by atoms with Gasteiger partial charge in [0.25, 0.3) is 0 Å². The summed E-state index contributed by atoms with van der Waals surface area (Å²) in [6.07, 6.45) is 1.66. The van der Waals surface area contributed by atoms with E-state index >= 15 is 0 Å². The zero-order valence-corrected chi connectivity index (χ0v) is 13.2. The highest BCUT2D eigenvalue weighted by atomic mass is 32.2. The van der Waals surface area contributed by atoms with Crippen molar-refractivity contribution < 1.29 is 8.42 Å². The minimum atomic E-state index is -3.48. The van der Waals surface area contributed by atoms with Gasteiger partial charge in [0.15, 0.2) is 0 Å². The van der Waals surface area contributed by atoms with E-state index in [0.29, 0.717) is 6.54 Å². The fourth-order valence-corrected chi connectivity index (χ4v) is 3.18. The topological polar surface area (TPSA) is 77.1 Å². The van der Waals surface area contributed by atoms with Crippen molar-refractivity contribution in [1.29, 1.82) is 0 Å². The fraction of sp³-hybridized carbons (Fsp3) is 0.692. The Labute approximate surface area is 116 Å². The predicted molar refractivity (Wildman–Crippen MR) is 77.3 cm³/mol. The second-order valence-electron chi connectivity index (χ2n) is 5.53. The van der Waals surface area contributed by atoms with Gasteiger partial charge in [0, 0.05) is 30.5 Å². The molecule has 0 fully saturated rings. The van der Waals surface area contributed by atoms with Gasteiger partial charge in [-0.05, 0) is 32.8 Å². The molecule has 0 saturated carbocycles. The summed E-state index contributed by atoms with van der Waals surface area (Å²) in [4.78, 5) is 0.286. The highest BCUT2D eigenvalue weighted by molar-refractivity contribution is 7.89. The van der Waals surface area contributed by atoms with Gasteiger partial charge < -0.3 is 10.3 Å². The summed E-state index contributed by atoms with van der Waals surface area (Å²) in [6, 6.07) is 1.73. The van der Waals surface area contributed by atoms with E-state index < -0.39 is 10.0 Å². The van der Waals surface area contributed by atoms with Crippen molar-refractivity contribution in [2.45, 2.75) is 58.1 Å². The molecule has 1 heterocycles. The number of nitrogens with one attached hydrogen (secondary N) is 1. The van der Waals surface area contributed by atoms with Crippen molar-refractivity contribution in [3.05, 3.63) is 18.0 Å². The van der Waals surface area contributed by atoms with Crippen LogP contribution in [0.25, 0.3) is 0 Å². The summed E-state index contributed by atoms with van der Waals surface area (Å²) in [5.41, 5.74) is 6.48. The van der Waals surface area contributed by atoms with Crippen LogP contribution in [0.4, 0.5) is 0 Å². The molecule has 0 amide bonds. The Morgan fingerprint density at radius 3 is 2.21 bits per heavy atom. The van der Waals surface area contributed by atoms with Crippen LogP contribution in [0.2, 0.25) is 0 Å². The van der Waals surface area contributed by atoms with E-state index in [2.05, 4.69) is 4.72 Å². The number of nitrogens with zero attached hydrogens (tertiary/aromatic N) is 1. The minimum Gasteiger partial charge on any atom is -0.346 e. The molecule has 0 aliphatic carbocycles. The molecule has 0 radical (unpaired) electrons. The molecular formula is C13H25N3O2S. The van der Waals surface area contributed by atoms with Gasteiger partial charge in [-0.2, -0.15) is 0 Å². The summed E-state index contributed by atoms with van der Waals surface area (Å²) >= 11 is 0. The monoisotopic (exact) mass is 287 g/mol. The summed E-state index contributed by atoms with van der Waals surface area (Å²) in [6.45, 7) is 10.2. The van der Waals surface area contributed by atoms with Crippen LogP contribution in [-0.4, -0.2) is 19.0 Å². The first kappa shape index (κ1) is 16.2. The van der Waals surface area contributed by atoms with Crippen molar-refractivity contribution in [1.82, 2.24) is 9.29 Å². The van der Waals surface area contributed by atoms with E-state index in [1.165, 1.54) is 0 Å². The van der Waals surface area contributed by atoms with Gasteiger partial charge in [-0.1, -0.05) is 13.8 Å². The maximum absolute atomic E-state index is 12.3. The molecule has 1 aromatic heterocycles. The number of hydrogen-bond acceptors (Lipinski definition) is 3. The van der Waals surface area contributed by atoms with Gasteiger partial charge in [0.05, 0.1) is 4.90 Å². The highest BCUT2D eigenvalue weighted by Gasteiger charge is 2.22. The molecule has 0 spiro atoms. The lowest BCUT2D eigenvalue weighted by molar-refractivity contribution is 0.476. The van der Waals surface area contributed by atoms with Crippen LogP contribution in [0.1, 0.15) is 46.4 Å². The molecule has 1 rings (SSSR count). The van der Waals surface area contributed by atoms with Gasteiger partial charge in [-0.3, -0.25) is 0 Å². The molecule has 1 atom stereocenters. The van der Waals surface area contributed by atoms with E-state index in [9.17, 15) is 8.42 Å². The number of hydrogen-bond donors (Lipinski definition) is 2. The maximum Gasteiger partial charge on any atom is 0.242 e. The molecule has 0 aliphatic heterocycles. The predicted octanol–water partition coefficient (Wildman–Crippen LogP) is 1.85. The van der Waals surface area contributed by atoms with Crippen LogP contribution in [0.3, 0.4) is 0 Å². The number of sulfonamides is 1. The molecule has 3 N–H and O–H groups in total. The zero-order chi connectivity index (χ0) is 14.8. The maximum atomic E-state index is 12.3. The average Bonchev–Trinajstić information content (AvgIpc) is 2.72. The lowest BCUT2D eigenvalue weighted by atomic mass is 10.1. The van der Waals surface area contributed by atoms with E-state index in [1.807, 2.05) is 39.2 Å². The van der Waals surface area contributed by atoms with Gasteiger partial charge >= 0.3 is 0 Å². The van der Waals surface area contributed by atoms with Gasteiger partial charge in [-0.25, -0.2) is 13.1 Å². The lowest BCUT2D eigenvalue weighted by Gasteiger charge is -2.16. The quantitative estimate of drug-likeness (QED) is 0.838. The van der Waals surface area contributed by atoms with Crippen molar-refractivity contribution in [2.75, 3.05) is 0 Å². The van der Waals surface area contributed by atoms with E-state index in [4.69, 9.17) is 5.73 Å². The van der Waals surface area contributed by atoms with Crippen molar-refractivity contribution in [3.63, 3.8) is 0 Å². The number of nitrogens with two attached hydrogens (primary N) is 1. The van der Waals surface area contributed by atoms with Crippen molar-refractivity contribution in [2.24, 2.45) is 11.7 Å². The van der Waals surface area contributed by atoms with Crippen LogP contribution < -0.4 is 10.5 Å². The summed E-state index contributed by atoms with van der Waals surface area (Å²) in [7, 11) is -3.48. The number of aromatic nitrogens is 1. The highest BCUT2D eigenvalue weighted by Crippen LogP contribution is 2.19. The number of rotatable bonds is 6. The molecule has 1 aromatic rings. The molecule has 19 heavy (non-hydrogen) atoms. The molecule has 0 saturated heterocycles. The van der Waals surface area contributed by atoms with E-state index in [0.717, 1.165) is 5.69 Å². The van der Waals surface area contributed by atoms with Crippen molar-refractivity contribution >= 4 is 10.0 Å². The van der Waals surface area contributed by atoms with Crippen LogP contribution in [0.15, 0.2) is 17.2 Å². The molecule has 1 unspecified atom stereocenters. The Morgan fingerprint density at radius 1 is 1.26 bits per heavy atom. The van der Waals surface area contributed by atoms with Crippen LogP contribution in [0.5, 0.6) is 0 Å². The van der Waals surface area contributed by atoms with Gasteiger partial charge in [0.1, 0.15) is 0 Å². The second kappa shape index (κ2) is 6.07. The lowest BCUT2D eigenvalue weighted by Crippen LogP contribution is -2.35. The minimum absolute atomic E-state index is 0.103. The Morgan fingerprint density at radius 2 is 1.84 bits per heavy atom. The largest absolute Gasteiger partial charge is 0.346 e. The fourth-order valence-electron chi connectivity index (χ4n) is 1.74. The SMILES string of the molecule is CC(C)C(C)NS(=O)(=O)c1cc(CN)n(C(C)C)c1. The van der Waals surface area contributed by atoms with E-state index in [-0.39, 0.29) is 22.9 Å². The van der Waals surface area contributed by atoms with Gasteiger partial charge in [-0.15, -0.1) is 0 Å². The van der Waals surface area contributed by atoms with Crippen LogP contribution in [0, 0.1) is 5.92 Å². The van der Waals surface area contributed by atoms with Crippen LogP contribution in [-0.2, 0) is 16.6 Å². The smallest absolute Gasteiger partial charge is 0.242 e. The summed E-state index contributed by atoms with van der Waals surface area (Å²) < 4.78 is 29.2.